The predicted octanol–water partition coefficient (Wildman–Crippen LogP) is 0.442. The third kappa shape index (κ3) is 5.70. The van der Waals surface area contributed by atoms with E-state index >= 15 is 0 Å². The summed E-state index contributed by atoms with van der Waals surface area (Å²) in [4.78, 5) is 22.8. The number of carbonyl (C=O) groups excluding carboxylic acids is 2. The van der Waals surface area contributed by atoms with Gasteiger partial charge in [0.25, 0.3) is 0 Å². The Hall–Kier alpha value is -1.10. The zero-order chi connectivity index (χ0) is 12.8. The predicted molar refractivity (Wildman–Crippen MR) is 62.0 cm³/mol. The zero-order valence-corrected chi connectivity index (χ0v) is 10.7. The van der Waals surface area contributed by atoms with E-state index in [2.05, 4.69) is 15.4 Å². The minimum absolute atomic E-state index is 0.163. The lowest BCUT2D eigenvalue weighted by atomic mass is 10.1. The van der Waals surface area contributed by atoms with Crippen LogP contribution in [-0.2, 0) is 14.3 Å². The van der Waals surface area contributed by atoms with E-state index in [4.69, 9.17) is 0 Å². The lowest BCUT2D eigenvalue weighted by Crippen LogP contribution is -2.50. The number of carbonyl (C=O) groups is 2. The Kier molecular flexibility index (Phi) is 6.03. The third-order valence-corrected chi connectivity index (χ3v) is 2.05. The van der Waals surface area contributed by atoms with E-state index in [1.807, 2.05) is 13.8 Å². The van der Waals surface area contributed by atoms with Crippen LogP contribution in [0.2, 0.25) is 0 Å². The second-order valence-electron chi connectivity index (χ2n) is 4.52. The number of rotatable bonds is 6. The fraction of sp³-hybridized carbons (Fsp3) is 0.818. The molecule has 5 nitrogen and oxygen atoms in total. The highest BCUT2D eigenvalue weighted by atomic mass is 16.5. The van der Waals surface area contributed by atoms with Gasteiger partial charge in [-0.05, 0) is 13.8 Å². The van der Waals surface area contributed by atoms with Gasteiger partial charge in [0.2, 0.25) is 5.91 Å². The Morgan fingerprint density at radius 2 is 1.88 bits per heavy atom. The van der Waals surface area contributed by atoms with Gasteiger partial charge in [0, 0.05) is 19.0 Å². The molecule has 0 spiro atoms. The lowest BCUT2D eigenvalue weighted by Gasteiger charge is -2.23. The van der Waals surface area contributed by atoms with E-state index in [1.165, 1.54) is 7.11 Å². The first kappa shape index (κ1) is 14.9. The van der Waals surface area contributed by atoms with Crippen LogP contribution < -0.4 is 10.6 Å². The van der Waals surface area contributed by atoms with Crippen molar-refractivity contribution in [2.24, 2.45) is 0 Å². The number of hydrogen-bond donors (Lipinski definition) is 2. The summed E-state index contributed by atoms with van der Waals surface area (Å²) in [7, 11) is 1.30. The molecule has 0 aliphatic heterocycles. The van der Waals surface area contributed by atoms with E-state index in [1.54, 1.807) is 13.8 Å². The molecule has 2 N–H and O–H groups in total. The second kappa shape index (κ2) is 6.48. The highest BCUT2D eigenvalue weighted by molar-refractivity contribution is 5.87. The molecule has 0 saturated carbocycles. The number of nitrogens with one attached hydrogen (secondary N) is 2. The van der Waals surface area contributed by atoms with Gasteiger partial charge in [0.15, 0.2) is 0 Å². The van der Waals surface area contributed by atoms with Crippen LogP contribution in [0.5, 0.6) is 0 Å². The van der Waals surface area contributed by atoms with Crippen molar-refractivity contribution in [1.82, 2.24) is 10.6 Å². The smallest absolute Gasteiger partial charge is 0.330 e. The van der Waals surface area contributed by atoms with E-state index in [-0.39, 0.29) is 5.91 Å². The summed E-state index contributed by atoms with van der Waals surface area (Å²) in [6, 6.07) is 0.349. The van der Waals surface area contributed by atoms with E-state index in [0.29, 0.717) is 19.0 Å². The minimum Gasteiger partial charge on any atom is -0.467 e. The van der Waals surface area contributed by atoms with Crippen molar-refractivity contribution in [3.63, 3.8) is 0 Å². The van der Waals surface area contributed by atoms with Crippen LogP contribution in [0, 0.1) is 0 Å². The van der Waals surface area contributed by atoms with Gasteiger partial charge in [-0.3, -0.25) is 4.79 Å². The second-order valence-corrected chi connectivity index (χ2v) is 4.52. The van der Waals surface area contributed by atoms with Crippen molar-refractivity contribution in [3.8, 4) is 0 Å². The first-order valence-corrected chi connectivity index (χ1v) is 5.42. The van der Waals surface area contributed by atoms with E-state index in [9.17, 15) is 9.59 Å². The Bertz CT molecular complexity index is 250. The molecule has 16 heavy (non-hydrogen) atoms. The van der Waals surface area contributed by atoms with Gasteiger partial charge in [-0.2, -0.15) is 0 Å². The molecule has 0 radical (unpaired) electrons. The van der Waals surface area contributed by atoms with Crippen molar-refractivity contribution < 1.29 is 14.3 Å². The summed E-state index contributed by atoms with van der Waals surface area (Å²) in [5, 5.41) is 5.76. The first-order valence-electron chi connectivity index (χ1n) is 5.42. The van der Waals surface area contributed by atoms with Crippen LogP contribution in [0.4, 0.5) is 0 Å². The molecule has 0 unspecified atom stereocenters. The van der Waals surface area contributed by atoms with Crippen LogP contribution in [0.25, 0.3) is 0 Å². The Labute approximate surface area is 96.9 Å². The number of hydrogen-bond acceptors (Lipinski definition) is 4. The molecule has 94 valence electrons. The molecule has 1 amide bonds. The molecule has 5 heteroatoms. The average Bonchev–Trinajstić information content (AvgIpc) is 2.14. The monoisotopic (exact) mass is 230 g/mol. The molecule has 0 aliphatic rings. The number of ether oxygens (including phenoxy) is 1. The lowest BCUT2D eigenvalue weighted by molar-refractivity contribution is -0.149. The largest absolute Gasteiger partial charge is 0.467 e. The van der Waals surface area contributed by atoms with Crippen molar-refractivity contribution in [2.75, 3.05) is 13.7 Å². The molecular weight excluding hydrogens is 208 g/mol. The van der Waals surface area contributed by atoms with Gasteiger partial charge in [-0.25, -0.2) is 4.79 Å². The number of esters is 1. The van der Waals surface area contributed by atoms with Gasteiger partial charge in [-0.1, -0.05) is 13.8 Å². The molecular formula is C11H22N2O3. The quantitative estimate of drug-likeness (QED) is 0.650. The Morgan fingerprint density at radius 3 is 2.31 bits per heavy atom. The van der Waals surface area contributed by atoms with Crippen LogP contribution >= 0.6 is 0 Å². The topological polar surface area (TPSA) is 67.4 Å². The fourth-order valence-corrected chi connectivity index (χ4v) is 1.19. The maximum Gasteiger partial charge on any atom is 0.330 e. The first-order chi connectivity index (χ1) is 7.29. The van der Waals surface area contributed by atoms with E-state index < -0.39 is 11.5 Å². The minimum atomic E-state index is -0.969. The molecule has 0 aromatic rings. The molecule has 0 fully saturated rings. The maximum absolute atomic E-state index is 11.5. The molecule has 0 bridgehead atoms. The molecule has 0 rings (SSSR count). The Morgan fingerprint density at radius 1 is 1.31 bits per heavy atom. The zero-order valence-electron chi connectivity index (χ0n) is 10.7. The van der Waals surface area contributed by atoms with Crippen molar-refractivity contribution in [1.29, 1.82) is 0 Å². The summed E-state index contributed by atoms with van der Waals surface area (Å²) in [5.41, 5.74) is -0.969. The molecule has 0 aromatic carbocycles. The van der Waals surface area contributed by atoms with Crippen molar-refractivity contribution >= 4 is 11.9 Å². The third-order valence-electron chi connectivity index (χ3n) is 2.05. The van der Waals surface area contributed by atoms with Gasteiger partial charge in [0.05, 0.1) is 7.11 Å². The molecule has 0 atom stereocenters. The van der Waals surface area contributed by atoms with Crippen LogP contribution in [0.1, 0.15) is 34.1 Å². The number of amides is 1. The highest BCUT2D eigenvalue weighted by Gasteiger charge is 2.29. The van der Waals surface area contributed by atoms with E-state index in [0.717, 1.165) is 0 Å². The Balaban J connectivity index is 3.99. The van der Waals surface area contributed by atoms with Gasteiger partial charge >= 0.3 is 5.97 Å². The van der Waals surface area contributed by atoms with Crippen LogP contribution in [0.15, 0.2) is 0 Å². The average molecular weight is 230 g/mol. The van der Waals surface area contributed by atoms with Gasteiger partial charge < -0.3 is 15.4 Å². The summed E-state index contributed by atoms with van der Waals surface area (Å²) in [6.07, 6.45) is 0.346. The van der Waals surface area contributed by atoms with Crippen molar-refractivity contribution in [2.45, 2.75) is 45.7 Å². The fourth-order valence-electron chi connectivity index (χ4n) is 1.19. The molecule has 0 heterocycles. The summed E-state index contributed by atoms with van der Waals surface area (Å²) >= 11 is 0. The normalized spacial score (nSPS) is 11.4. The summed E-state index contributed by atoms with van der Waals surface area (Å²) in [5.74, 6) is -0.610. The van der Waals surface area contributed by atoms with Gasteiger partial charge in [-0.15, -0.1) is 0 Å². The van der Waals surface area contributed by atoms with Crippen LogP contribution in [-0.4, -0.2) is 37.1 Å². The molecule has 0 aliphatic carbocycles. The SMILES string of the molecule is COC(=O)C(C)(C)NC(=O)CCNC(C)C. The molecule has 0 aromatic heterocycles. The maximum atomic E-state index is 11.5. The number of methoxy groups -OCH3 is 1. The summed E-state index contributed by atoms with van der Waals surface area (Å²) < 4.78 is 4.59. The van der Waals surface area contributed by atoms with Crippen LogP contribution in [0.3, 0.4) is 0 Å². The van der Waals surface area contributed by atoms with Crippen molar-refractivity contribution in [3.05, 3.63) is 0 Å². The standard InChI is InChI=1S/C11H22N2O3/c1-8(2)12-7-6-9(14)13-11(3,4)10(15)16-5/h8,12H,6-7H2,1-5H3,(H,13,14). The highest BCUT2D eigenvalue weighted by Crippen LogP contribution is 2.04. The molecule has 0 saturated heterocycles. The van der Waals surface area contributed by atoms with Gasteiger partial charge in [0.1, 0.15) is 5.54 Å². The summed E-state index contributed by atoms with van der Waals surface area (Å²) in [6.45, 7) is 7.85.